The van der Waals surface area contributed by atoms with Crippen molar-refractivity contribution in [3.8, 4) is 0 Å². The van der Waals surface area contributed by atoms with E-state index in [2.05, 4.69) is 10.3 Å². The Bertz CT molecular complexity index is 623. The molecule has 4 aliphatic carbocycles. The molecule has 0 unspecified atom stereocenters. The maximum atomic E-state index is 12.7. The normalized spacial score (nSPS) is 33.3. The number of ether oxygens (including phenoxy) is 1. The molecule has 4 fully saturated rings. The standard InChI is InChI=1S/C18H21ClN2O3/c19-14-1-2-15(20-9-14)21-16(22)10-24-17(23)18-6-11-3-12(7-18)5-13(4-11)8-18/h1-2,9,11-13H,3-8,10H2,(H,20,21,22). The number of pyridine rings is 1. The predicted octanol–water partition coefficient (Wildman–Crippen LogP) is 3.43. The minimum Gasteiger partial charge on any atom is -0.455 e. The van der Waals surface area contributed by atoms with Crippen LogP contribution in [0.4, 0.5) is 5.82 Å². The molecule has 6 heteroatoms. The Morgan fingerprint density at radius 2 is 1.79 bits per heavy atom. The maximum Gasteiger partial charge on any atom is 0.312 e. The number of amides is 1. The molecule has 0 radical (unpaired) electrons. The van der Waals surface area contributed by atoms with E-state index in [4.69, 9.17) is 16.3 Å². The summed E-state index contributed by atoms with van der Waals surface area (Å²) in [5.41, 5.74) is -0.326. The fourth-order valence-electron chi connectivity index (χ4n) is 5.27. The first kappa shape index (κ1) is 15.9. The van der Waals surface area contributed by atoms with Crippen molar-refractivity contribution in [2.24, 2.45) is 23.2 Å². The summed E-state index contributed by atoms with van der Waals surface area (Å²) in [4.78, 5) is 28.6. The van der Waals surface area contributed by atoms with E-state index in [0.717, 1.165) is 19.3 Å². The van der Waals surface area contributed by atoms with E-state index in [0.29, 0.717) is 28.6 Å². The number of hydrogen-bond acceptors (Lipinski definition) is 4. The van der Waals surface area contributed by atoms with Crippen LogP contribution in [0, 0.1) is 23.2 Å². The second-order valence-corrected chi connectivity index (χ2v) is 8.12. The fourth-order valence-corrected chi connectivity index (χ4v) is 5.39. The van der Waals surface area contributed by atoms with Gasteiger partial charge in [0.05, 0.1) is 10.4 Å². The van der Waals surface area contributed by atoms with Crippen LogP contribution >= 0.6 is 11.6 Å². The van der Waals surface area contributed by atoms with Crippen molar-refractivity contribution in [1.29, 1.82) is 0 Å². The number of halogens is 1. The number of nitrogens with one attached hydrogen (secondary N) is 1. The number of esters is 1. The average Bonchev–Trinajstić information content (AvgIpc) is 2.53. The Kier molecular flexibility index (Phi) is 3.99. The summed E-state index contributed by atoms with van der Waals surface area (Å²) in [5, 5.41) is 3.11. The van der Waals surface area contributed by atoms with Crippen LogP contribution in [0.3, 0.4) is 0 Å². The predicted molar refractivity (Wildman–Crippen MR) is 89.4 cm³/mol. The van der Waals surface area contributed by atoms with Gasteiger partial charge < -0.3 is 10.1 Å². The lowest BCUT2D eigenvalue weighted by molar-refractivity contribution is -0.172. The van der Waals surface area contributed by atoms with Gasteiger partial charge >= 0.3 is 5.97 Å². The molecule has 1 aromatic heterocycles. The van der Waals surface area contributed by atoms with Crippen LogP contribution < -0.4 is 5.32 Å². The second-order valence-electron chi connectivity index (χ2n) is 7.68. The Balaban J connectivity index is 1.33. The summed E-state index contributed by atoms with van der Waals surface area (Å²) < 4.78 is 5.38. The van der Waals surface area contributed by atoms with Gasteiger partial charge in [0.25, 0.3) is 5.91 Å². The second kappa shape index (κ2) is 6.03. The van der Waals surface area contributed by atoms with Gasteiger partial charge in [0, 0.05) is 6.20 Å². The van der Waals surface area contributed by atoms with Gasteiger partial charge in [0.15, 0.2) is 6.61 Å². The van der Waals surface area contributed by atoms with Gasteiger partial charge in [0.2, 0.25) is 0 Å². The molecule has 1 amide bonds. The van der Waals surface area contributed by atoms with E-state index in [1.54, 1.807) is 12.1 Å². The van der Waals surface area contributed by atoms with Crippen LogP contribution in [0.15, 0.2) is 18.3 Å². The topological polar surface area (TPSA) is 68.3 Å². The third kappa shape index (κ3) is 3.02. The molecule has 5 rings (SSSR count). The van der Waals surface area contributed by atoms with Crippen LogP contribution in [0.25, 0.3) is 0 Å². The molecule has 0 spiro atoms. The molecule has 128 valence electrons. The fraction of sp³-hybridized carbons (Fsp3) is 0.611. The summed E-state index contributed by atoms with van der Waals surface area (Å²) in [6.07, 6.45) is 8.10. The van der Waals surface area contributed by atoms with Crippen LogP contribution in [-0.2, 0) is 14.3 Å². The van der Waals surface area contributed by atoms with Gasteiger partial charge in [0.1, 0.15) is 5.82 Å². The van der Waals surface area contributed by atoms with Gasteiger partial charge in [-0.05, 0) is 68.4 Å². The van der Waals surface area contributed by atoms with Gasteiger partial charge in [-0.15, -0.1) is 0 Å². The molecule has 24 heavy (non-hydrogen) atoms. The monoisotopic (exact) mass is 348 g/mol. The van der Waals surface area contributed by atoms with E-state index in [1.165, 1.54) is 25.5 Å². The molecule has 0 aliphatic heterocycles. The number of rotatable bonds is 4. The van der Waals surface area contributed by atoms with Gasteiger partial charge in [-0.3, -0.25) is 9.59 Å². The lowest BCUT2D eigenvalue weighted by Gasteiger charge is -2.55. The third-order valence-corrected chi connectivity index (χ3v) is 6.02. The molecular weight excluding hydrogens is 328 g/mol. The number of carbonyl (C=O) groups excluding carboxylic acids is 2. The van der Waals surface area contributed by atoms with Crippen LogP contribution in [0.2, 0.25) is 5.02 Å². The van der Waals surface area contributed by atoms with Crippen molar-refractivity contribution >= 4 is 29.3 Å². The van der Waals surface area contributed by atoms with E-state index >= 15 is 0 Å². The molecule has 1 N–H and O–H groups in total. The minimum atomic E-state index is -0.372. The zero-order valence-corrected chi connectivity index (χ0v) is 14.2. The van der Waals surface area contributed by atoms with Crippen molar-refractivity contribution in [1.82, 2.24) is 4.98 Å². The van der Waals surface area contributed by atoms with Gasteiger partial charge in [-0.2, -0.15) is 0 Å². The minimum absolute atomic E-state index is 0.180. The highest BCUT2D eigenvalue weighted by atomic mass is 35.5. The lowest BCUT2D eigenvalue weighted by Crippen LogP contribution is -2.50. The highest BCUT2D eigenvalue weighted by Crippen LogP contribution is 2.60. The summed E-state index contributed by atoms with van der Waals surface area (Å²) in [5.74, 6) is 1.88. The lowest BCUT2D eigenvalue weighted by atomic mass is 9.49. The molecule has 5 nitrogen and oxygen atoms in total. The highest BCUT2D eigenvalue weighted by molar-refractivity contribution is 6.30. The molecule has 1 aromatic rings. The quantitative estimate of drug-likeness (QED) is 0.846. The molecule has 4 aliphatic rings. The van der Waals surface area contributed by atoms with Crippen molar-refractivity contribution in [2.45, 2.75) is 38.5 Å². The van der Waals surface area contributed by atoms with E-state index in [-0.39, 0.29) is 23.9 Å². The Labute approximate surface area is 146 Å². The Morgan fingerprint density at radius 1 is 1.17 bits per heavy atom. The van der Waals surface area contributed by atoms with Crippen molar-refractivity contribution in [3.63, 3.8) is 0 Å². The van der Waals surface area contributed by atoms with Crippen LogP contribution in [0.5, 0.6) is 0 Å². The third-order valence-electron chi connectivity index (χ3n) is 5.80. The first-order valence-corrected chi connectivity index (χ1v) is 8.99. The Morgan fingerprint density at radius 3 is 2.33 bits per heavy atom. The van der Waals surface area contributed by atoms with Crippen LogP contribution in [0.1, 0.15) is 38.5 Å². The summed E-state index contributed by atoms with van der Waals surface area (Å²) in [6.45, 7) is -0.259. The van der Waals surface area contributed by atoms with Crippen molar-refractivity contribution in [2.75, 3.05) is 11.9 Å². The largest absolute Gasteiger partial charge is 0.455 e. The summed E-state index contributed by atoms with van der Waals surface area (Å²) in [7, 11) is 0. The first-order valence-electron chi connectivity index (χ1n) is 8.61. The van der Waals surface area contributed by atoms with Crippen molar-refractivity contribution < 1.29 is 14.3 Å². The zero-order chi connectivity index (χ0) is 16.7. The van der Waals surface area contributed by atoms with E-state index < -0.39 is 0 Å². The van der Waals surface area contributed by atoms with Gasteiger partial charge in [-0.25, -0.2) is 4.98 Å². The number of aromatic nitrogens is 1. The average molecular weight is 349 g/mol. The number of hydrogen-bond donors (Lipinski definition) is 1. The molecule has 1 heterocycles. The Hall–Kier alpha value is -1.62. The maximum absolute atomic E-state index is 12.7. The number of carbonyl (C=O) groups is 2. The molecule has 4 bridgehead atoms. The molecular formula is C18H21ClN2O3. The summed E-state index contributed by atoms with van der Waals surface area (Å²) in [6, 6.07) is 3.26. The van der Waals surface area contributed by atoms with E-state index in [1.807, 2.05) is 0 Å². The number of nitrogens with zero attached hydrogens (tertiary/aromatic N) is 1. The van der Waals surface area contributed by atoms with E-state index in [9.17, 15) is 9.59 Å². The molecule has 0 saturated heterocycles. The van der Waals surface area contributed by atoms with Crippen LogP contribution in [-0.4, -0.2) is 23.5 Å². The zero-order valence-electron chi connectivity index (χ0n) is 13.5. The first-order chi connectivity index (χ1) is 11.5. The number of anilines is 1. The van der Waals surface area contributed by atoms with Gasteiger partial charge in [-0.1, -0.05) is 11.6 Å². The molecule has 4 saturated carbocycles. The SMILES string of the molecule is O=C(COC(=O)C12CC3CC(CC(C3)C1)C2)Nc1ccc(Cl)cn1. The molecule has 0 aromatic carbocycles. The highest BCUT2D eigenvalue weighted by Gasteiger charge is 2.55. The summed E-state index contributed by atoms with van der Waals surface area (Å²) >= 11 is 5.76. The smallest absolute Gasteiger partial charge is 0.312 e. The van der Waals surface area contributed by atoms with Crippen molar-refractivity contribution in [3.05, 3.63) is 23.4 Å². The molecule has 0 atom stereocenters.